The molecule has 8 heteroatoms. The zero-order valence-corrected chi connectivity index (χ0v) is 17.2. The quantitative estimate of drug-likeness (QED) is 0.631. The molecule has 0 radical (unpaired) electrons. The minimum absolute atomic E-state index is 0.204. The SMILES string of the molecule is CCOc1ccc(NC(=O)Cn2c(=O)n(CC)c(=O)c3cc(Br)ccc32)cc1. The van der Waals surface area contributed by atoms with Crippen molar-refractivity contribution in [2.45, 2.75) is 26.9 Å². The van der Waals surface area contributed by atoms with E-state index in [0.717, 1.165) is 9.04 Å². The highest BCUT2D eigenvalue weighted by Crippen LogP contribution is 2.17. The number of nitrogens with zero attached hydrogens (tertiary/aromatic N) is 2. The first-order chi connectivity index (χ1) is 13.4. The first-order valence-corrected chi connectivity index (χ1v) is 9.69. The largest absolute Gasteiger partial charge is 0.494 e. The number of hydrogen-bond acceptors (Lipinski definition) is 4. The predicted molar refractivity (Wildman–Crippen MR) is 112 cm³/mol. The van der Waals surface area contributed by atoms with E-state index in [9.17, 15) is 14.4 Å². The van der Waals surface area contributed by atoms with Gasteiger partial charge in [-0.3, -0.25) is 18.7 Å². The number of carbonyl (C=O) groups excluding carboxylic acids is 1. The molecule has 0 unspecified atom stereocenters. The molecule has 3 aromatic rings. The Morgan fingerprint density at radius 3 is 2.43 bits per heavy atom. The van der Waals surface area contributed by atoms with E-state index < -0.39 is 5.69 Å². The third-order valence-corrected chi connectivity index (χ3v) is 4.75. The van der Waals surface area contributed by atoms with Gasteiger partial charge < -0.3 is 10.1 Å². The molecule has 3 rings (SSSR count). The van der Waals surface area contributed by atoms with Crippen LogP contribution in [0.25, 0.3) is 10.9 Å². The van der Waals surface area contributed by atoms with E-state index in [1.54, 1.807) is 49.4 Å². The Morgan fingerprint density at radius 1 is 1.07 bits per heavy atom. The number of ether oxygens (including phenoxy) is 1. The second-order valence-electron chi connectivity index (χ2n) is 6.09. The highest BCUT2D eigenvalue weighted by atomic mass is 79.9. The van der Waals surface area contributed by atoms with Crippen molar-refractivity contribution in [1.29, 1.82) is 0 Å². The van der Waals surface area contributed by atoms with Gasteiger partial charge in [0.15, 0.2) is 0 Å². The topological polar surface area (TPSA) is 82.3 Å². The van der Waals surface area contributed by atoms with E-state index in [-0.39, 0.29) is 24.6 Å². The Bertz CT molecular complexity index is 1130. The summed E-state index contributed by atoms with van der Waals surface area (Å²) in [6.07, 6.45) is 0. The number of halogens is 1. The van der Waals surface area contributed by atoms with Crippen molar-refractivity contribution < 1.29 is 9.53 Å². The summed E-state index contributed by atoms with van der Waals surface area (Å²) in [4.78, 5) is 37.8. The molecular formula is C20H20BrN3O4. The molecule has 28 heavy (non-hydrogen) atoms. The van der Waals surface area contributed by atoms with Crippen LogP contribution in [0.3, 0.4) is 0 Å². The standard InChI is InChI=1S/C20H20BrN3O4/c1-3-23-19(26)16-11-13(21)5-10-17(16)24(20(23)27)12-18(25)22-14-6-8-15(9-7-14)28-4-2/h5-11H,3-4,12H2,1-2H3,(H,22,25). The van der Waals surface area contributed by atoms with E-state index in [2.05, 4.69) is 21.2 Å². The normalized spacial score (nSPS) is 10.8. The lowest BCUT2D eigenvalue weighted by Gasteiger charge is -2.14. The van der Waals surface area contributed by atoms with Gasteiger partial charge in [0.1, 0.15) is 12.3 Å². The van der Waals surface area contributed by atoms with Crippen molar-refractivity contribution >= 4 is 38.4 Å². The predicted octanol–water partition coefficient (Wildman–Crippen LogP) is 2.98. The van der Waals surface area contributed by atoms with E-state index in [4.69, 9.17) is 4.74 Å². The van der Waals surface area contributed by atoms with Gasteiger partial charge in [-0.05, 0) is 56.3 Å². The van der Waals surface area contributed by atoms with Gasteiger partial charge in [0.05, 0.1) is 17.5 Å². The van der Waals surface area contributed by atoms with Crippen LogP contribution in [0.15, 0.2) is 56.5 Å². The third kappa shape index (κ3) is 4.01. The smallest absolute Gasteiger partial charge is 0.331 e. The number of nitrogens with one attached hydrogen (secondary N) is 1. The van der Waals surface area contributed by atoms with Crippen LogP contribution in [0.4, 0.5) is 5.69 Å². The Kier molecular flexibility index (Phi) is 5.99. The Labute approximate surface area is 169 Å². The molecule has 146 valence electrons. The number of amides is 1. The molecule has 0 aliphatic heterocycles. The molecule has 1 amide bonds. The number of aromatic nitrogens is 2. The van der Waals surface area contributed by atoms with Gasteiger partial charge >= 0.3 is 5.69 Å². The fourth-order valence-electron chi connectivity index (χ4n) is 2.97. The Balaban J connectivity index is 1.94. The maximum absolute atomic E-state index is 12.7. The minimum Gasteiger partial charge on any atom is -0.494 e. The van der Waals surface area contributed by atoms with Crippen molar-refractivity contribution in [1.82, 2.24) is 9.13 Å². The lowest BCUT2D eigenvalue weighted by molar-refractivity contribution is -0.116. The van der Waals surface area contributed by atoms with Gasteiger partial charge in [-0.25, -0.2) is 4.79 Å². The van der Waals surface area contributed by atoms with E-state index in [1.807, 2.05) is 6.92 Å². The summed E-state index contributed by atoms with van der Waals surface area (Å²) in [5.41, 5.74) is 0.137. The van der Waals surface area contributed by atoms with Gasteiger partial charge in [0, 0.05) is 16.7 Å². The first kappa shape index (κ1) is 19.9. The first-order valence-electron chi connectivity index (χ1n) is 8.90. The van der Waals surface area contributed by atoms with Crippen molar-refractivity contribution in [2.75, 3.05) is 11.9 Å². The molecule has 7 nitrogen and oxygen atoms in total. The maximum Gasteiger partial charge on any atom is 0.331 e. The fourth-order valence-corrected chi connectivity index (χ4v) is 3.33. The highest BCUT2D eigenvalue weighted by Gasteiger charge is 2.15. The van der Waals surface area contributed by atoms with Crippen LogP contribution >= 0.6 is 15.9 Å². The molecule has 1 heterocycles. The number of hydrogen-bond donors (Lipinski definition) is 1. The number of carbonyl (C=O) groups is 1. The number of benzene rings is 2. The number of rotatable bonds is 6. The van der Waals surface area contributed by atoms with E-state index in [1.165, 1.54) is 4.57 Å². The molecule has 0 saturated carbocycles. The fraction of sp³-hybridized carbons (Fsp3) is 0.250. The highest BCUT2D eigenvalue weighted by molar-refractivity contribution is 9.10. The number of anilines is 1. The van der Waals surface area contributed by atoms with E-state index >= 15 is 0 Å². The molecule has 1 aromatic heterocycles. The zero-order chi connectivity index (χ0) is 20.3. The van der Waals surface area contributed by atoms with Crippen LogP contribution < -0.4 is 21.3 Å². The van der Waals surface area contributed by atoms with Crippen LogP contribution in [0.2, 0.25) is 0 Å². The molecule has 0 bridgehead atoms. The van der Waals surface area contributed by atoms with Gasteiger partial charge in [-0.2, -0.15) is 0 Å². The summed E-state index contributed by atoms with van der Waals surface area (Å²) >= 11 is 3.34. The van der Waals surface area contributed by atoms with Crippen LogP contribution in [-0.4, -0.2) is 21.6 Å². The van der Waals surface area contributed by atoms with Crippen LogP contribution in [-0.2, 0) is 17.9 Å². The van der Waals surface area contributed by atoms with Crippen molar-refractivity contribution in [3.63, 3.8) is 0 Å². The van der Waals surface area contributed by atoms with Gasteiger partial charge in [0.2, 0.25) is 5.91 Å². The summed E-state index contributed by atoms with van der Waals surface area (Å²) in [5, 5.41) is 3.14. The molecule has 0 spiro atoms. The summed E-state index contributed by atoms with van der Waals surface area (Å²) in [5.74, 6) is 0.347. The molecule has 0 saturated heterocycles. The molecule has 0 aliphatic rings. The van der Waals surface area contributed by atoms with Crippen LogP contribution in [0.1, 0.15) is 13.8 Å². The Morgan fingerprint density at radius 2 is 1.79 bits per heavy atom. The molecular weight excluding hydrogens is 426 g/mol. The summed E-state index contributed by atoms with van der Waals surface area (Å²) < 4.78 is 8.54. The Hall–Kier alpha value is -2.87. The van der Waals surface area contributed by atoms with Crippen LogP contribution in [0.5, 0.6) is 5.75 Å². The number of fused-ring (bicyclic) bond motifs is 1. The molecule has 0 atom stereocenters. The van der Waals surface area contributed by atoms with Crippen molar-refractivity contribution in [3.05, 3.63) is 67.8 Å². The lowest BCUT2D eigenvalue weighted by atomic mass is 10.2. The second kappa shape index (κ2) is 8.43. The van der Waals surface area contributed by atoms with Gasteiger partial charge in [-0.1, -0.05) is 15.9 Å². The molecule has 0 fully saturated rings. The summed E-state index contributed by atoms with van der Waals surface area (Å²) in [6, 6.07) is 12.0. The van der Waals surface area contributed by atoms with Crippen molar-refractivity contribution in [3.8, 4) is 5.75 Å². The second-order valence-corrected chi connectivity index (χ2v) is 7.00. The molecule has 1 N–H and O–H groups in total. The average Bonchev–Trinajstić information content (AvgIpc) is 2.67. The third-order valence-electron chi connectivity index (χ3n) is 4.25. The lowest BCUT2D eigenvalue weighted by Crippen LogP contribution is -2.41. The van der Waals surface area contributed by atoms with Crippen LogP contribution in [0, 0.1) is 0 Å². The average molecular weight is 446 g/mol. The summed E-state index contributed by atoms with van der Waals surface area (Å²) in [7, 11) is 0. The van der Waals surface area contributed by atoms with Gasteiger partial charge in [-0.15, -0.1) is 0 Å². The maximum atomic E-state index is 12.7. The summed E-state index contributed by atoms with van der Waals surface area (Å²) in [6.45, 7) is 4.19. The van der Waals surface area contributed by atoms with E-state index in [0.29, 0.717) is 28.9 Å². The van der Waals surface area contributed by atoms with Crippen molar-refractivity contribution in [2.24, 2.45) is 0 Å². The molecule has 0 aliphatic carbocycles. The molecule has 2 aromatic carbocycles. The zero-order valence-electron chi connectivity index (χ0n) is 15.6. The monoisotopic (exact) mass is 445 g/mol. The minimum atomic E-state index is -0.510. The van der Waals surface area contributed by atoms with Gasteiger partial charge in [0.25, 0.3) is 5.56 Å².